The van der Waals surface area contributed by atoms with Crippen molar-refractivity contribution in [2.75, 3.05) is 0 Å². The number of aromatic amines is 1. The number of allylic oxidation sites excluding steroid dienone is 1. The molecule has 0 unspecified atom stereocenters. The number of benzene rings is 3. The predicted molar refractivity (Wildman–Crippen MR) is 134 cm³/mol. The number of H-pyrrole nitrogens is 1. The van der Waals surface area contributed by atoms with E-state index in [2.05, 4.69) is 38.6 Å². The molecule has 0 radical (unpaired) electrons. The number of hydrogen-bond donors (Lipinski definition) is 1. The first-order valence-corrected chi connectivity index (χ1v) is 11.2. The van der Waals surface area contributed by atoms with E-state index >= 15 is 0 Å². The molecule has 0 saturated heterocycles. The van der Waals surface area contributed by atoms with Crippen LogP contribution in [0.25, 0.3) is 22.7 Å². The molecule has 0 fully saturated rings. The minimum absolute atomic E-state index is 0.336. The summed E-state index contributed by atoms with van der Waals surface area (Å²) in [5, 5.41) is 10.8. The Morgan fingerprint density at radius 1 is 1.16 bits per heavy atom. The number of rotatable bonds is 5. The molecule has 31 heavy (non-hydrogen) atoms. The largest absolute Gasteiger partial charge is 0.488 e. The van der Waals surface area contributed by atoms with Gasteiger partial charge in [-0.25, -0.2) is 4.98 Å². The third-order valence-corrected chi connectivity index (χ3v) is 6.11. The molecular formula is C24H16Cl2IN3O. The van der Waals surface area contributed by atoms with Gasteiger partial charge in [0, 0.05) is 15.6 Å². The lowest BCUT2D eigenvalue weighted by Crippen LogP contribution is -1.98. The van der Waals surface area contributed by atoms with Crippen LogP contribution in [-0.4, -0.2) is 9.97 Å². The minimum Gasteiger partial charge on any atom is -0.488 e. The van der Waals surface area contributed by atoms with Crippen molar-refractivity contribution in [1.82, 2.24) is 9.97 Å². The maximum absolute atomic E-state index is 9.67. The van der Waals surface area contributed by atoms with E-state index in [9.17, 15) is 5.26 Å². The molecule has 4 aromatic rings. The van der Waals surface area contributed by atoms with Gasteiger partial charge in [-0.15, -0.1) is 0 Å². The maximum Gasteiger partial charge on any atom is 0.149 e. The van der Waals surface area contributed by atoms with E-state index in [4.69, 9.17) is 27.9 Å². The highest BCUT2D eigenvalue weighted by Gasteiger charge is 2.10. The van der Waals surface area contributed by atoms with Crippen LogP contribution in [0.5, 0.6) is 5.75 Å². The zero-order chi connectivity index (χ0) is 22.0. The Kier molecular flexibility index (Phi) is 6.51. The van der Waals surface area contributed by atoms with E-state index < -0.39 is 0 Å². The average Bonchev–Trinajstić information content (AvgIpc) is 3.15. The number of nitrogens with one attached hydrogen (secondary N) is 1. The number of nitriles is 1. The van der Waals surface area contributed by atoms with Crippen LogP contribution in [0.2, 0.25) is 10.0 Å². The SMILES string of the molecule is Cc1ccc2nc(/C(C#N)=C\c3ccc(OCc4ccc(Cl)cc4Cl)c(I)c3)[nH]c2c1. The lowest BCUT2D eigenvalue weighted by molar-refractivity contribution is 0.304. The van der Waals surface area contributed by atoms with Crippen LogP contribution in [0, 0.1) is 21.8 Å². The number of nitrogens with zero attached hydrogens (tertiary/aromatic N) is 2. The van der Waals surface area contributed by atoms with Crippen LogP contribution in [0.4, 0.5) is 0 Å². The summed E-state index contributed by atoms with van der Waals surface area (Å²) in [6.07, 6.45) is 1.81. The Morgan fingerprint density at radius 2 is 2.00 bits per heavy atom. The van der Waals surface area contributed by atoms with Gasteiger partial charge in [0.1, 0.15) is 24.3 Å². The lowest BCUT2D eigenvalue weighted by Gasteiger charge is -2.10. The van der Waals surface area contributed by atoms with Crippen LogP contribution in [0.3, 0.4) is 0 Å². The standard InChI is InChI=1S/C24H16Cl2IN3O/c1-14-2-6-21-22(8-14)30-24(29-21)17(12-28)9-15-3-7-23(20(27)10-15)31-13-16-4-5-18(25)11-19(16)26/h2-11H,13H2,1H3,(H,29,30)/b17-9-. The van der Waals surface area contributed by atoms with Crippen molar-refractivity contribution >= 4 is 68.5 Å². The van der Waals surface area contributed by atoms with Crippen molar-refractivity contribution in [2.24, 2.45) is 0 Å². The van der Waals surface area contributed by atoms with Crippen LogP contribution in [0.15, 0.2) is 54.6 Å². The Bertz CT molecular complexity index is 1350. The Morgan fingerprint density at radius 3 is 2.74 bits per heavy atom. The first-order valence-electron chi connectivity index (χ1n) is 9.38. The molecule has 0 aliphatic carbocycles. The number of hydrogen-bond acceptors (Lipinski definition) is 3. The Labute approximate surface area is 203 Å². The highest BCUT2D eigenvalue weighted by atomic mass is 127. The van der Waals surface area contributed by atoms with E-state index in [0.717, 1.165) is 37.0 Å². The first kappa shape index (κ1) is 21.7. The number of ether oxygens (including phenoxy) is 1. The molecule has 4 rings (SSSR count). The summed E-state index contributed by atoms with van der Waals surface area (Å²) in [7, 11) is 0. The van der Waals surface area contributed by atoms with Crippen LogP contribution in [-0.2, 0) is 6.61 Å². The fourth-order valence-electron chi connectivity index (χ4n) is 3.09. The van der Waals surface area contributed by atoms with Crippen molar-refractivity contribution in [3.8, 4) is 11.8 Å². The van der Waals surface area contributed by atoms with Crippen LogP contribution >= 0.6 is 45.8 Å². The zero-order valence-corrected chi connectivity index (χ0v) is 20.1. The van der Waals surface area contributed by atoms with Gasteiger partial charge in [-0.1, -0.05) is 41.4 Å². The molecule has 1 N–H and O–H groups in total. The van der Waals surface area contributed by atoms with Crippen LogP contribution < -0.4 is 4.74 Å². The quantitative estimate of drug-likeness (QED) is 0.204. The Balaban J connectivity index is 1.55. The number of aryl methyl sites for hydroxylation is 1. The van der Waals surface area contributed by atoms with Gasteiger partial charge in [-0.05, 0) is 83.1 Å². The van der Waals surface area contributed by atoms with Crippen LogP contribution in [0.1, 0.15) is 22.5 Å². The predicted octanol–water partition coefficient (Wildman–Crippen LogP) is 7.43. The normalized spacial score (nSPS) is 11.5. The zero-order valence-electron chi connectivity index (χ0n) is 16.4. The van der Waals surface area contributed by atoms with Gasteiger partial charge in [0.15, 0.2) is 0 Å². The van der Waals surface area contributed by atoms with E-state index in [1.54, 1.807) is 12.1 Å². The highest BCUT2D eigenvalue weighted by Crippen LogP contribution is 2.28. The van der Waals surface area contributed by atoms with Gasteiger partial charge in [-0.3, -0.25) is 0 Å². The minimum atomic E-state index is 0.336. The van der Waals surface area contributed by atoms with Crippen molar-refractivity contribution < 1.29 is 4.74 Å². The summed E-state index contributed by atoms with van der Waals surface area (Å²) in [6, 6.07) is 19.3. The van der Waals surface area contributed by atoms with Crippen molar-refractivity contribution in [3.05, 3.63) is 90.7 Å². The molecule has 7 heteroatoms. The molecule has 4 nitrogen and oxygen atoms in total. The summed E-state index contributed by atoms with van der Waals surface area (Å²) in [5.74, 6) is 1.29. The van der Waals surface area contributed by atoms with E-state index in [0.29, 0.717) is 28.0 Å². The molecule has 0 saturated carbocycles. The van der Waals surface area contributed by atoms with Gasteiger partial charge in [0.05, 0.1) is 20.2 Å². The number of aromatic nitrogens is 2. The van der Waals surface area contributed by atoms with Crippen molar-refractivity contribution in [2.45, 2.75) is 13.5 Å². The van der Waals surface area contributed by atoms with Crippen molar-refractivity contribution in [1.29, 1.82) is 5.26 Å². The van der Waals surface area contributed by atoms with E-state index in [1.807, 2.05) is 55.5 Å². The first-order chi connectivity index (χ1) is 14.9. The van der Waals surface area contributed by atoms with Crippen molar-refractivity contribution in [3.63, 3.8) is 0 Å². The average molecular weight is 560 g/mol. The maximum atomic E-state index is 9.67. The Hall–Kier alpha value is -2.53. The second-order valence-corrected chi connectivity index (χ2v) is 9.00. The molecule has 0 aliphatic rings. The van der Waals surface area contributed by atoms with Gasteiger partial charge >= 0.3 is 0 Å². The third-order valence-electron chi connectivity index (χ3n) is 4.68. The molecule has 0 aliphatic heterocycles. The molecule has 3 aromatic carbocycles. The number of imidazole rings is 1. The molecule has 0 amide bonds. The molecule has 1 heterocycles. The summed E-state index contributed by atoms with van der Waals surface area (Å²) in [6.45, 7) is 2.36. The molecule has 0 bridgehead atoms. The highest BCUT2D eigenvalue weighted by molar-refractivity contribution is 14.1. The summed E-state index contributed by atoms with van der Waals surface area (Å²) in [4.78, 5) is 7.77. The molecule has 154 valence electrons. The van der Waals surface area contributed by atoms with E-state index in [-0.39, 0.29) is 0 Å². The van der Waals surface area contributed by atoms with Gasteiger partial charge in [0.2, 0.25) is 0 Å². The summed E-state index contributed by atoms with van der Waals surface area (Å²) in [5.41, 5.74) is 5.09. The van der Waals surface area contributed by atoms with Gasteiger partial charge in [-0.2, -0.15) is 5.26 Å². The fourth-order valence-corrected chi connectivity index (χ4v) is 4.25. The number of fused-ring (bicyclic) bond motifs is 1. The summed E-state index contributed by atoms with van der Waals surface area (Å²) < 4.78 is 6.85. The second-order valence-electron chi connectivity index (χ2n) is 6.99. The molecular weight excluding hydrogens is 544 g/mol. The number of halogens is 3. The van der Waals surface area contributed by atoms with E-state index in [1.165, 1.54) is 0 Å². The van der Waals surface area contributed by atoms with Gasteiger partial charge in [0.25, 0.3) is 0 Å². The molecule has 0 atom stereocenters. The monoisotopic (exact) mass is 559 g/mol. The topological polar surface area (TPSA) is 61.7 Å². The summed E-state index contributed by atoms with van der Waals surface area (Å²) >= 11 is 14.4. The molecule has 1 aromatic heterocycles. The molecule has 0 spiro atoms. The lowest BCUT2D eigenvalue weighted by atomic mass is 10.1. The van der Waals surface area contributed by atoms with Gasteiger partial charge < -0.3 is 9.72 Å². The fraction of sp³-hybridized carbons (Fsp3) is 0.0833. The third kappa shape index (κ3) is 5.04. The second kappa shape index (κ2) is 9.31. The smallest absolute Gasteiger partial charge is 0.149 e.